The van der Waals surface area contributed by atoms with Crippen LogP contribution in [0.25, 0.3) is 0 Å². The molecule has 1 N–H and O–H groups in total. The summed E-state index contributed by atoms with van der Waals surface area (Å²) in [5.74, 6) is 1.22. The number of fused-ring (bicyclic) bond motifs is 2. The summed E-state index contributed by atoms with van der Waals surface area (Å²) < 4.78 is 25.8. The van der Waals surface area contributed by atoms with Gasteiger partial charge in [0.15, 0.2) is 0 Å². The molecular formula is C23H23NO2S2. The van der Waals surface area contributed by atoms with Crippen LogP contribution in [0.4, 0.5) is 5.69 Å². The minimum Gasteiger partial charge on any atom is -0.284 e. The molecule has 3 aromatic carbocycles. The fourth-order valence-corrected chi connectivity index (χ4v) is 5.52. The van der Waals surface area contributed by atoms with Crippen LogP contribution in [0.2, 0.25) is 0 Å². The molecule has 0 aliphatic carbocycles. The third-order valence-corrected chi connectivity index (χ3v) is 6.77. The zero-order valence-corrected chi connectivity index (χ0v) is 17.6. The zero-order valence-electron chi connectivity index (χ0n) is 16.0. The van der Waals surface area contributed by atoms with Gasteiger partial charge in [-0.15, -0.1) is 11.8 Å². The molecule has 0 fully saturated rings. The number of thioether (sulfide) groups is 1. The zero-order chi connectivity index (χ0) is 19.7. The first-order valence-electron chi connectivity index (χ1n) is 9.27. The van der Waals surface area contributed by atoms with E-state index in [4.69, 9.17) is 0 Å². The van der Waals surface area contributed by atoms with Gasteiger partial charge in [-0.2, -0.15) is 0 Å². The van der Waals surface area contributed by atoms with Crippen LogP contribution in [0.15, 0.2) is 71.6 Å². The van der Waals surface area contributed by atoms with E-state index < -0.39 is 10.0 Å². The molecule has 3 nitrogen and oxygen atoms in total. The Kier molecular flexibility index (Phi) is 5.21. The summed E-state index contributed by atoms with van der Waals surface area (Å²) in [5.41, 5.74) is 7.11. The molecule has 3 aromatic rings. The van der Waals surface area contributed by atoms with Crippen LogP contribution < -0.4 is 4.72 Å². The molecule has 144 valence electrons. The molecular weight excluding hydrogens is 386 g/mol. The summed E-state index contributed by atoms with van der Waals surface area (Å²) in [6.07, 6.45) is 2.00. The maximum atomic E-state index is 11.6. The lowest BCUT2D eigenvalue weighted by Gasteiger charge is -2.21. The van der Waals surface area contributed by atoms with Crippen molar-refractivity contribution in [3.8, 4) is 0 Å². The Bertz CT molecular complexity index is 1120. The van der Waals surface area contributed by atoms with E-state index in [9.17, 15) is 8.42 Å². The predicted octanol–water partition coefficient (Wildman–Crippen LogP) is 5.35. The predicted molar refractivity (Wildman–Crippen MR) is 118 cm³/mol. The number of nitrogens with one attached hydrogen (secondary N) is 1. The highest BCUT2D eigenvalue weighted by Gasteiger charge is 2.24. The molecule has 0 saturated carbocycles. The molecule has 1 aliphatic heterocycles. The van der Waals surface area contributed by atoms with Crippen molar-refractivity contribution in [1.82, 2.24) is 0 Å². The van der Waals surface area contributed by atoms with Crippen LogP contribution in [0.1, 0.15) is 33.7 Å². The Morgan fingerprint density at radius 3 is 2.64 bits per heavy atom. The molecule has 0 spiro atoms. The van der Waals surface area contributed by atoms with Crippen molar-refractivity contribution in [3.63, 3.8) is 0 Å². The van der Waals surface area contributed by atoms with Crippen molar-refractivity contribution in [3.05, 3.63) is 94.5 Å². The second-order valence-corrected chi connectivity index (χ2v) is 10.1. The first-order chi connectivity index (χ1) is 13.4. The summed E-state index contributed by atoms with van der Waals surface area (Å²) in [5, 5.41) is 0. The number of hydrogen-bond donors (Lipinski definition) is 1. The van der Waals surface area contributed by atoms with E-state index in [1.54, 1.807) is 6.07 Å². The number of aryl methyl sites for hydroxylation is 1. The van der Waals surface area contributed by atoms with E-state index >= 15 is 0 Å². The van der Waals surface area contributed by atoms with Crippen LogP contribution in [0.3, 0.4) is 0 Å². The van der Waals surface area contributed by atoms with E-state index in [-0.39, 0.29) is 5.92 Å². The monoisotopic (exact) mass is 409 g/mol. The Morgan fingerprint density at radius 2 is 1.82 bits per heavy atom. The fourth-order valence-electron chi connectivity index (χ4n) is 3.85. The van der Waals surface area contributed by atoms with E-state index in [2.05, 4.69) is 60.2 Å². The molecule has 1 atom stereocenters. The number of sulfonamides is 1. The van der Waals surface area contributed by atoms with Crippen LogP contribution in [-0.2, 0) is 22.2 Å². The van der Waals surface area contributed by atoms with Gasteiger partial charge in [0.1, 0.15) is 0 Å². The second-order valence-electron chi connectivity index (χ2n) is 7.36. The van der Waals surface area contributed by atoms with Crippen molar-refractivity contribution in [2.75, 3.05) is 11.0 Å². The minimum atomic E-state index is -3.29. The summed E-state index contributed by atoms with van der Waals surface area (Å²) in [4.78, 5) is 1.33. The molecule has 0 aromatic heterocycles. The molecule has 0 radical (unpaired) electrons. The molecule has 1 heterocycles. The highest BCUT2D eigenvalue weighted by Crippen LogP contribution is 2.42. The van der Waals surface area contributed by atoms with E-state index in [1.165, 1.54) is 33.4 Å². The van der Waals surface area contributed by atoms with Gasteiger partial charge in [0.05, 0.1) is 6.26 Å². The van der Waals surface area contributed by atoms with Crippen LogP contribution in [0.5, 0.6) is 0 Å². The minimum absolute atomic E-state index is 0.246. The molecule has 5 heteroatoms. The third kappa shape index (κ3) is 4.26. The van der Waals surface area contributed by atoms with Gasteiger partial charge in [-0.25, -0.2) is 8.42 Å². The largest absolute Gasteiger partial charge is 0.284 e. The Hall–Kier alpha value is -2.24. The van der Waals surface area contributed by atoms with Gasteiger partial charge in [0.2, 0.25) is 10.0 Å². The van der Waals surface area contributed by atoms with E-state index in [0.717, 1.165) is 17.7 Å². The third-order valence-electron chi connectivity index (χ3n) is 5.02. The average molecular weight is 410 g/mol. The van der Waals surface area contributed by atoms with Crippen molar-refractivity contribution in [1.29, 1.82) is 0 Å². The van der Waals surface area contributed by atoms with Crippen molar-refractivity contribution in [2.45, 2.75) is 29.9 Å². The topological polar surface area (TPSA) is 46.2 Å². The smallest absolute Gasteiger partial charge is 0.229 e. The molecule has 0 bridgehead atoms. The Balaban J connectivity index is 1.76. The molecule has 4 rings (SSSR count). The SMILES string of the molecule is Cc1ccc2c(c1)CSc1ccccc1[C@@H]2Cc1cccc(NS(C)(=O)=O)c1. The van der Waals surface area contributed by atoms with E-state index in [0.29, 0.717) is 5.69 Å². The lowest BCUT2D eigenvalue weighted by molar-refractivity contribution is 0.607. The summed E-state index contributed by atoms with van der Waals surface area (Å²) in [7, 11) is -3.29. The first kappa shape index (κ1) is 19.1. The van der Waals surface area contributed by atoms with Gasteiger partial charge in [-0.1, -0.05) is 54.1 Å². The van der Waals surface area contributed by atoms with Gasteiger partial charge in [0, 0.05) is 22.3 Å². The van der Waals surface area contributed by atoms with Crippen molar-refractivity contribution >= 4 is 27.5 Å². The quantitative estimate of drug-likeness (QED) is 0.632. The van der Waals surface area contributed by atoms with Crippen LogP contribution in [-0.4, -0.2) is 14.7 Å². The molecule has 0 unspecified atom stereocenters. The van der Waals surface area contributed by atoms with E-state index in [1.807, 2.05) is 23.9 Å². The lowest BCUT2D eigenvalue weighted by atomic mass is 9.83. The maximum Gasteiger partial charge on any atom is 0.229 e. The summed E-state index contributed by atoms with van der Waals surface area (Å²) in [6, 6.07) is 23.1. The number of anilines is 1. The Labute approximate surface area is 171 Å². The van der Waals surface area contributed by atoms with Gasteiger partial charge in [-0.05, 0) is 53.8 Å². The molecule has 0 amide bonds. The van der Waals surface area contributed by atoms with Gasteiger partial charge < -0.3 is 0 Å². The van der Waals surface area contributed by atoms with Crippen molar-refractivity contribution < 1.29 is 8.42 Å². The number of rotatable bonds is 4. The van der Waals surface area contributed by atoms with Gasteiger partial charge in [-0.3, -0.25) is 4.72 Å². The standard InChI is InChI=1S/C23H23NO2S2/c1-16-10-11-20-18(12-16)15-27-23-9-4-3-8-21(23)22(20)14-17-6-5-7-19(13-17)24-28(2,25)26/h3-13,22,24H,14-15H2,1-2H3/t22-/m1/s1. The summed E-state index contributed by atoms with van der Waals surface area (Å²) in [6.45, 7) is 2.14. The fraction of sp³-hybridized carbons (Fsp3) is 0.217. The highest BCUT2D eigenvalue weighted by atomic mass is 32.2. The first-order valence-corrected chi connectivity index (χ1v) is 12.1. The highest BCUT2D eigenvalue weighted by molar-refractivity contribution is 7.98. The normalized spacial score (nSPS) is 16.0. The van der Waals surface area contributed by atoms with Crippen molar-refractivity contribution in [2.24, 2.45) is 0 Å². The Morgan fingerprint density at radius 1 is 1.00 bits per heavy atom. The van der Waals surface area contributed by atoms with Crippen LogP contribution >= 0.6 is 11.8 Å². The maximum absolute atomic E-state index is 11.6. The molecule has 0 saturated heterocycles. The van der Waals surface area contributed by atoms with Crippen LogP contribution in [0, 0.1) is 6.92 Å². The summed E-state index contributed by atoms with van der Waals surface area (Å²) >= 11 is 1.89. The van der Waals surface area contributed by atoms with Gasteiger partial charge in [0.25, 0.3) is 0 Å². The molecule has 1 aliphatic rings. The average Bonchev–Trinajstić information content (AvgIpc) is 2.78. The van der Waals surface area contributed by atoms with Gasteiger partial charge >= 0.3 is 0 Å². The second kappa shape index (κ2) is 7.64. The lowest BCUT2D eigenvalue weighted by Crippen LogP contribution is -2.10. The molecule has 28 heavy (non-hydrogen) atoms. The number of hydrogen-bond acceptors (Lipinski definition) is 3. The number of benzene rings is 3.